The molecule has 0 spiro atoms. The van der Waals surface area contributed by atoms with Crippen molar-refractivity contribution in [1.29, 1.82) is 0 Å². The van der Waals surface area contributed by atoms with Gasteiger partial charge in [-0.25, -0.2) is 0 Å². The number of nitrogens with one attached hydrogen (secondary N) is 1. The number of allylic oxidation sites excluding steroid dienone is 1. The van der Waals surface area contributed by atoms with Gasteiger partial charge >= 0.3 is 0 Å². The Labute approximate surface area is 565 Å². The molecule has 2 aliphatic rings. The minimum Gasteiger partial charge on any atom is -0.394 e. The molecule has 0 aromatic rings. The van der Waals surface area contributed by atoms with Crippen LogP contribution in [0.25, 0.3) is 0 Å². The predicted octanol–water partition coefficient (Wildman–Crippen LogP) is 17.7. The zero-order valence-electron chi connectivity index (χ0n) is 59.8. The lowest BCUT2D eigenvalue weighted by Gasteiger charge is -2.46. The number of unbranched alkanes of at least 4 members (excludes halogenated alkanes) is 55. The summed E-state index contributed by atoms with van der Waals surface area (Å²) >= 11 is 0. The number of hydrogen-bond acceptors (Lipinski definition) is 13. The Hall–Kier alpha value is -1.27. The summed E-state index contributed by atoms with van der Waals surface area (Å²) in [6, 6.07) is -0.912. The van der Waals surface area contributed by atoms with Crippen molar-refractivity contribution >= 4 is 5.91 Å². The number of carbonyl (C=O) groups excluding carboxylic acids is 1. The highest BCUT2D eigenvalue weighted by atomic mass is 16.7. The van der Waals surface area contributed by atoms with Gasteiger partial charge in [0.05, 0.1) is 32.0 Å². The molecule has 2 heterocycles. The molecule has 0 bridgehead atoms. The van der Waals surface area contributed by atoms with E-state index in [1.54, 1.807) is 6.08 Å². The lowest BCUT2D eigenvalue weighted by Crippen LogP contribution is -2.65. The van der Waals surface area contributed by atoms with Gasteiger partial charge in [0.1, 0.15) is 48.8 Å². The molecule has 0 aromatic carbocycles. The molecule has 0 saturated carbocycles. The number of amides is 1. The summed E-state index contributed by atoms with van der Waals surface area (Å²) in [5.74, 6) is -0.229. The van der Waals surface area contributed by atoms with Crippen LogP contribution in [-0.2, 0) is 23.7 Å². The Balaban J connectivity index is 1.61. The zero-order valence-corrected chi connectivity index (χ0v) is 59.8. The monoisotopic (exact) mass is 1310 g/mol. The molecule has 546 valence electrons. The van der Waals surface area contributed by atoms with Crippen molar-refractivity contribution in [1.82, 2.24) is 5.32 Å². The quantitative estimate of drug-likeness (QED) is 0.0204. The van der Waals surface area contributed by atoms with E-state index in [2.05, 4.69) is 19.2 Å². The van der Waals surface area contributed by atoms with E-state index in [0.29, 0.717) is 0 Å². The summed E-state index contributed by atoms with van der Waals surface area (Å²) in [6.45, 7) is 2.88. The van der Waals surface area contributed by atoms with Crippen LogP contribution in [-0.4, -0.2) is 140 Å². The summed E-state index contributed by atoms with van der Waals surface area (Å²) in [5, 5.41) is 87.7. The second-order valence-corrected chi connectivity index (χ2v) is 28.6. The molecule has 14 nitrogen and oxygen atoms in total. The first kappa shape index (κ1) is 86.8. The SMILES string of the molecule is CCCCCCCCCCCCCCCCCCCCCCCCCCCCCCCCC/C=C/C(O)C(COC1OC(CO)C(OC2OC(CO)C(O)C(O)C2O)C(O)C1O)NC(=O)CCCCCCCCCCCCCCCCCCCCCCCCCCC. The number of rotatable bonds is 68. The highest BCUT2D eigenvalue weighted by Gasteiger charge is 2.51. The van der Waals surface area contributed by atoms with Crippen molar-refractivity contribution in [2.75, 3.05) is 19.8 Å². The maximum absolute atomic E-state index is 13.4. The van der Waals surface area contributed by atoms with Crippen LogP contribution in [0.3, 0.4) is 0 Å². The van der Waals surface area contributed by atoms with Crippen molar-refractivity contribution in [3.63, 3.8) is 0 Å². The van der Waals surface area contributed by atoms with Crippen LogP contribution in [0.15, 0.2) is 12.2 Å². The van der Waals surface area contributed by atoms with Gasteiger partial charge in [0.25, 0.3) is 0 Å². The molecule has 0 radical (unpaired) electrons. The number of aliphatic hydroxyl groups is 8. The second-order valence-electron chi connectivity index (χ2n) is 28.6. The van der Waals surface area contributed by atoms with Gasteiger partial charge in [-0.05, 0) is 19.3 Å². The molecule has 14 heteroatoms. The molecule has 0 aromatic heterocycles. The number of ether oxygens (including phenoxy) is 4. The van der Waals surface area contributed by atoms with Crippen LogP contribution in [0, 0.1) is 0 Å². The van der Waals surface area contributed by atoms with Gasteiger partial charge in [-0.2, -0.15) is 0 Å². The van der Waals surface area contributed by atoms with E-state index in [1.807, 2.05) is 6.08 Å². The second kappa shape index (κ2) is 63.2. The van der Waals surface area contributed by atoms with Crippen molar-refractivity contribution in [3.8, 4) is 0 Å². The predicted molar refractivity (Wildman–Crippen MR) is 379 cm³/mol. The van der Waals surface area contributed by atoms with Gasteiger partial charge in [0.15, 0.2) is 12.6 Å². The average molecular weight is 1310 g/mol. The van der Waals surface area contributed by atoms with Gasteiger partial charge in [-0.1, -0.05) is 373 Å². The smallest absolute Gasteiger partial charge is 0.220 e. The Morgan fingerprint density at radius 3 is 1.00 bits per heavy atom. The fraction of sp³-hybridized carbons (Fsp3) is 0.962. The molecule has 0 aliphatic carbocycles. The lowest BCUT2D eigenvalue weighted by molar-refractivity contribution is -0.359. The Kier molecular flexibility index (Phi) is 59.6. The summed E-state index contributed by atoms with van der Waals surface area (Å²) in [7, 11) is 0. The lowest BCUT2D eigenvalue weighted by atomic mass is 9.97. The van der Waals surface area contributed by atoms with Crippen LogP contribution >= 0.6 is 0 Å². The van der Waals surface area contributed by atoms with Crippen molar-refractivity contribution in [2.45, 2.75) is 460 Å². The average Bonchev–Trinajstić information content (AvgIpc) is 0.940. The molecule has 1 amide bonds. The Bertz CT molecular complexity index is 1590. The maximum Gasteiger partial charge on any atom is 0.220 e. The summed E-state index contributed by atoms with van der Waals surface area (Å²) in [5.41, 5.74) is 0. The van der Waals surface area contributed by atoms with Gasteiger partial charge < -0.3 is 65.1 Å². The van der Waals surface area contributed by atoms with Gasteiger partial charge in [0, 0.05) is 6.42 Å². The molecule has 9 N–H and O–H groups in total. The molecule has 2 rings (SSSR count). The molecular weight excluding hydrogens is 1160 g/mol. The van der Waals surface area contributed by atoms with Crippen LogP contribution in [0.4, 0.5) is 0 Å². The standard InChI is InChI=1S/C78H151NO13/c1-3-5-7-9-11-13-15-17-19-21-23-25-27-29-30-31-32-33-34-35-36-38-39-41-43-45-47-49-51-53-55-57-59-61-67(82)66(65-89-77-75(88)73(86)76(69(64-81)91-77)92-78-74(87)72(85)71(84)68(63-80)90-78)79-70(83)62-60-58-56-54-52-50-48-46-44-42-40-37-28-26-24-22-20-18-16-14-12-10-8-6-4-2/h59,61,66-69,71-78,80-82,84-88H,3-58,60,62-65H2,1-2H3,(H,79,83)/b61-59+. The molecule has 12 unspecified atom stereocenters. The highest BCUT2D eigenvalue weighted by Crippen LogP contribution is 2.30. The van der Waals surface area contributed by atoms with Crippen molar-refractivity contribution < 1.29 is 64.6 Å². The largest absolute Gasteiger partial charge is 0.394 e. The first-order chi connectivity index (χ1) is 45.1. The first-order valence-electron chi connectivity index (χ1n) is 39.9. The van der Waals surface area contributed by atoms with Gasteiger partial charge in [-0.3, -0.25) is 4.79 Å². The Morgan fingerprint density at radius 1 is 0.380 bits per heavy atom. The third-order valence-electron chi connectivity index (χ3n) is 20.0. The van der Waals surface area contributed by atoms with E-state index in [1.165, 1.54) is 321 Å². The first-order valence-corrected chi connectivity index (χ1v) is 39.9. The van der Waals surface area contributed by atoms with E-state index < -0.39 is 86.8 Å². The van der Waals surface area contributed by atoms with Gasteiger partial charge in [0.2, 0.25) is 5.91 Å². The van der Waals surface area contributed by atoms with Crippen molar-refractivity contribution in [2.24, 2.45) is 0 Å². The maximum atomic E-state index is 13.4. The van der Waals surface area contributed by atoms with E-state index in [4.69, 9.17) is 18.9 Å². The molecule has 2 saturated heterocycles. The zero-order chi connectivity index (χ0) is 66.6. The van der Waals surface area contributed by atoms with E-state index >= 15 is 0 Å². The third kappa shape index (κ3) is 46.1. The van der Waals surface area contributed by atoms with Gasteiger partial charge in [-0.15, -0.1) is 0 Å². The summed E-state index contributed by atoms with van der Waals surface area (Å²) < 4.78 is 22.9. The third-order valence-corrected chi connectivity index (χ3v) is 20.0. The van der Waals surface area contributed by atoms with E-state index in [-0.39, 0.29) is 18.9 Å². The number of carbonyl (C=O) groups is 1. The number of aliphatic hydroxyl groups excluding tert-OH is 8. The normalized spacial score (nSPS) is 22.6. The Morgan fingerprint density at radius 2 is 0.674 bits per heavy atom. The fourth-order valence-corrected chi connectivity index (χ4v) is 13.7. The van der Waals surface area contributed by atoms with Crippen LogP contribution < -0.4 is 5.32 Å². The molecule has 12 atom stereocenters. The minimum atomic E-state index is -1.79. The molecular formula is C78H151NO13. The van der Waals surface area contributed by atoms with Crippen LogP contribution in [0.5, 0.6) is 0 Å². The topological polar surface area (TPSA) is 228 Å². The summed E-state index contributed by atoms with van der Waals surface area (Å²) in [4.78, 5) is 13.4. The molecule has 2 fully saturated rings. The van der Waals surface area contributed by atoms with Crippen LogP contribution in [0.1, 0.15) is 386 Å². The molecule has 2 aliphatic heterocycles. The highest BCUT2D eigenvalue weighted by molar-refractivity contribution is 5.76. The van der Waals surface area contributed by atoms with E-state index in [9.17, 15) is 45.6 Å². The minimum absolute atomic E-state index is 0.229. The van der Waals surface area contributed by atoms with Crippen LogP contribution in [0.2, 0.25) is 0 Å². The number of hydrogen-bond donors (Lipinski definition) is 9. The summed E-state index contributed by atoms with van der Waals surface area (Å²) in [6.07, 6.45) is 63.0. The van der Waals surface area contributed by atoms with Crippen molar-refractivity contribution in [3.05, 3.63) is 12.2 Å². The van der Waals surface area contributed by atoms with E-state index in [0.717, 1.165) is 44.9 Å². The molecule has 92 heavy (non-hydrogen) atoms. The fourth-order valence-electron chi connectivity index (χ4n) is 13.7.